The number of aliphatic hydroxyl groups is 2. The normalized spacial score (nSPS) is 54.3. The molecule has 0 bridgehead atoms. The topological polar surface area (TPSA) is 40.5 Å². The molecule has 0 radical (unpaired) electrons. The molecule has 2 N–H and O–H groups in total. The third kappa shape index (κ3) is 3.64. The molecule has 5 saturated carbocycles. The first kappa shape index (κ1) is 23.7. The number of aliphatic hydroxyl groups excluding tert-OH is 1. The fourth-order valence-electron chi connectivity index (χ4n) is 10.4. The number of rotatable bonds is 6. The minimum atomic E-state index is -0.386. The van der Waals surface area contributed by atoms with Crippen molar-refractivity contribution in [2.45, 2.75) is 130 Å². The third-order valence-electron chi connectivity index (χ3n) is 12.9. The SMILES string of the molecule is CCC1CC1C[C@@H](O)[C@@H](C)[C@H]1CC[C@H]2[C@@H]3CC[C@H]4C[C@](O)(CC)CC[C@]4(C)[C@H]3CC[C@]12C. The van der Waals surface area contributed by atoms with Crippen LogP contribution in [-0.4, -0.2) is 21.9 Å². The van der Waals surface area contributed by atoms with Gasteiger partial charge < -0.3 is 10.2 Å². The van der Waals surface area contributed by atoms with E-state index in [4.69, 9.17) is 0 Å². The Kier molecular flexibility index (Phi) is 6.10. The van der Waals surface area contributed by atoms with Crippen molar-refractivity contribution in [3.05, 3.63) is 0 Å². The molecular weight excluding hydrogens is 392 g/mol. The van der Waals surface area contributed by atoms with Crippen LogP contribution in [0, 0.1) is 58.2 Å². The van der Waals surface area contributed by atoms with Crippen molar-refractivity contribution in [3.8, 4) is 0 Å². The van der Waals surface area contributed by atoms with Gasteiger partial charge in [0.25, 0.3) is 0 Å². The van der Waals surface area contributed by atoms with E-state index in [1.54, 1.807) is 0 Å². The molecule has 0 aromatic heterocycles. The molecule has 0 aliphatic heterocycles. The molecule has 0 aromatic carbocycles. The molecule has 32 heavy (non-hydrogen) atoms. The Morgan fingerprint density at radius 1 is 0.875 bits per heavy atom. The predicted octanol–water partition coefficient (Wildman–Crippen LogP) is 7.22. The first-order chi connectivity index (χ1) is 15.1. The molecule has 5 fully saturated rings. The molecule has 2 unspecified atom stereocenters. The molecule has 0 heterocycles. The Labute approximate surface area is 198 Å². The van der Waals surface area contributed by atoms with Gasteiger partial charge in [0.15, 0.2) is 0 Å². The average Bonchev–Trinajstić information content (AvgIpc) is 3.43. The molecular formula is C30H52O2. The van der Waals surface area contributed by atoms with E-state index < -0.39 is 0 Å². The van der Waals surface area contributed by atoms with Crippen LogP contribution in [0.2, 0.25) is 0 Å². The second-order valence-corrected chi connectivity index (χ2v) is 14.0. The fraction of sp³-hybridized carbons (Fsp3) is 1.00. The van der Waals surface area contributed by atoms with Gasteiger partial charge in [0, 0.05) is 0 Å². The van der Waals surface area contributed by atoms with Gasteiger partial charge in [-0.25, -0.2) is 0 Å². The molecule has 12 atom stereocenters. The van der Waals surface area contributed by atoms with E-state index in [1.165, 1.54) is 57.8 Å². The zero-order valence-electron chi connectivity index (χ0n) is 21.8. The van der Waals surface area contributed by atoms with Crippen LogP contribution in [0.5, 0.6) is 0 Å². The van der Waals surface area contributed by atoms with Gasteiger partial charge >= 0.3 is 0 Å². The summed E-state index contributed by atoms with van der Waals surface area (Å²) in [6.07, 6.45) is 16.1. The van der Waals surface area contributed by atoms with Crippen LogP contribution in [-0.2, 0) is 0 Å². The maximum atomic E-state index is 11.2. The number of fused-ring (bicyclic) bond motifs is 5. The van der Waals surface area contributed by atoms with E-state index >= 15 is 0 Å². The Bertz CT molecular complexity index is 690. The second kappa shape index (κ2) is 8.25. The van der Waals surface area contributed by atoms with Crippen LogP contribution in [0.1, 0.15) is 118 Å². The summed E-state index contributed by atoms with van der Waals surface area (Å²) in [5.74, 6) is 6.24. The van der Waals surface area contributed by atoms with Gasteiger partial charge in [-0.05, 0) is 135 Å². The molecule has 5 rings (SSSR count). The van der Waals surface area contributed by atoms with Crippen molar-refractivity contribution in [2.24, 2.45) is 58.2 Å². The minimum absolute atomic E-state index is 0.0897. The first-order valence-corrected chi connectivity index (χ1v) is 14.6. The van der Waals surface area contributed by atoms with Crippen molar-refractivity contribution in [2.75, 3.05) is 0 Å². The van der Waals surface area contributed by atoms with Crippen molar-refractivity contribution < 1.29 is 10.2 Å². The lowest BCUT2D eigenvalue weighted by Gasteiger charge is -2.62. The van der Waals surface area contributed by atoms with Gasteiger partial charge in [0.2, 0.25) is 0 Å². The van der Waals surface area contributed by atoms with Crippen molar-refractivity contribution in [1.29, 1.82) is 0 Å². The average molecular weight is 445 g/mol. The predicted molar refractivity (Wildman–Crippen MR) is 132 cm³/mol. The second-order valence-electron chi connectivity index (χ2n) is 14.0. The van der Waals surface area contributed by atoms with Crippen LogP contribution in [0.4, 0.5) is 0 Å². The van der Waals surface area contributed by atoms with E-state index in [2.05, 4.69) is 34.6 Å². The Balaban J connectivity index is 1.29. The summed E-state index contributed by atoms with van der Waals surface area (Å²) in [7, 11) is 0. The van der Waals surface area contributed by atoms with Gasteiger partial charge in [-0.1, -0.05) is 41.0 Å². The molecule has 0 amide bonds. The fourth-order valence-corrected chi connectivity index (χ4v) is 10.4. The highest BCUT2D eigenvalue weighted by Crippen LogP contribution is 2.69. The minimum Gasteiger partial charge on any atom is -0.393 e. The smallest absolute Gasteiger partial charge is 0.0648 e. The summed E-state index contributed by atoms with van der Waals surface area (Å²) in [5.41, 5.74) is 0.510. The van der Waals surface area contributed by atoms with Crippen LogP contribution in [0.25, 0.3) is 0 Å². The van der Waals surface area contributed by atoms with Crippen molar-refractivity contribution in [3.63, 3.8) is 0 Å². The maximum absolute atomic E-state index is 11.2. The third-order valence-corrected chi connectivity index (χ3v) is 12.9. The molecule has 0 aromatic rings. The Morgan fingerprint density at radius 2 is 1.62 bits per heavy atom. The maximum Gasteiger partial charge on any atom is 0.0648 e. The van der Waals surface area contributed by atoms with Gasteiger partial charge in [-0.15, -0.1) is 0 Å². The molecule has 2 heteroatoms. The summed E-state index contributed by atoms with van der Waals surface area (Å²) < 4.78 is 0. The van der Waals surface area contributed by atoms with E-state index in [-0.39, 0.29) is 11.7 Å². The molecule has 0 spiro atoms. The quantitative estimate of drug-likeness (QED) is 0.454. The summed E-state index contributed by atoms with van der Waals surface area (Å²) in [6, 6.07) is 0. The molecule has 0 saturated heterocycles. The van der Waals surface area contributed by atoms with Gasteiger partial charge in [0.05, 0.1) is 11.7 Å². The van der Waals surface area contributed by atoms with E-state index in [9.17, 15) is 10.2 Å². The highest BCUT2D eigenvalue weighted by Gasteiger charge is 2.61. The molecule has 5 aliphatic rings. The van der Waals surface area contributed by atoms with Crippen LogP contribution in [0.15, 0.2) is 0 Å². The number of hydrogen-bond donors (Lipinski definition) is 2. The van der Waals surface area contributed by atoms with Crippen LogP contribution >= 0.6 is 0 Å². The Morgan fingerprint density at radius 3 is 2.31 bits per heavy atom. The number of hydrogen-bond acceptors (Lipinski definition) is 2. The van der Waals surface area contributed by atoms with Crippen molar-refractivity contribution in [1.82, 2.24) is 0 Å². The lowest BCUT2D eigenvalue weighted by molar-refractivity contribution is -0.154. The lowest BCUT2D eigenvalue weighted by atomic mass is 9.43. The summed E-state index contributed by atoms with van der Waals surface area (Å²) in [4.78, 5) is 0. The van der Waals surface area contributed by atoms with Gasteiger partial charge in [-0.2, -0.15) is 0 Å². The first-order valence-electron chi connectivity index (χ1n) is 14.6. The van der Waals surface area contributed by atoms with E-state index in [0.29, 0.717) is 22.7 Å². The Hall–Kier alpha value is -0.0800. The van der Waals surface area contributed by atoms with Gasteiger partial charge in [0.1, 0.15) is 0 Å². The summed E-state index contributed by atoms with van der Waals surface area (Å²) in [5, 5.41) is 22.2. The van der Waals surface area contributed by atoms with E-state index in [0.717, 1.165) is 61.2 Å². The largest absolute Gasteiger partial charge is 0.393 e. The molecule has 2 nitrogen and oxygen atoms in total. The summed E-state index contributed by atoms with van der Waals surface area (Å²) >= 11 is 0. The standard InChI is InChI=1S/C30H52O2/c1-6-20-16-21(20)17-27(31)19(3)24-10-11-25-23-9-8-22-18-30(32,7-2)15-14-28(22,4)26(23)12-13-29(24,25)5/h19-27,31-32H,6-18H2,1-5H3/t19-,20?,21?,22-,23-,24+,25-,26-,27+,28-,29+,30-/m0/s1. The monoisotopic (exact) mass is 444 g/mol. The molecule has 5 aliphatic carbocycles. The lowest BCUT2D eigenvalue weighted by Crippen LogP contribution is -2.56. The van der Waals surface area contributed by atoms with Crippen LogP contribution < -0.4 is 0 Å². The highest BCUT2D eigenvalue weighted by molar-refractivity contribution is 5.11. The highest BCUT2D eigenvalue weighted by atomic mass is 16.3. The van der Waals surface area contributed by atoms with Gasteiger partial charge in [-0.3, -0.25) is 0 Å². The zero-order chi connectivity index (χ0) is 22.9. The van der Waals surface area contributed by atoms with E-state index in [1.807, 2.05) is 0 Å². The summed E-state index contributed by atoms with van der Waals surface area (Å²) in [6.45, 7) is 12.1. The van der Waals surface area contributed by atoms with Crippen molar-refractivity contribution >= 4 is 0 Å². The molecule has 184 valence electrons. The van der Waals surface area contributed by atoms with Crippen LogP contribution in [0.3, 0.4) is 0 Å². The zero-order valence-corrected chi connectivity index (χ0v) is 21.8.